The third-order valence-corrected chi connectivity index (χ3v) is 6.09. The third kappa shape index (κ3) is 5.53. The van der Waals surface area contributed by atoms with E-state index in [-0.39, 0.29) is 5.75 Å². The van der Waals surface area contributed by atoms with Gasteiger partial charge in [0.2, 0.25) is 0 Å². The van der Waals surface area contributed by atoms with Crippen molar-refractivity contribution in [2.24, 2.45) is 0 Å². The van der Waals surface area contributed by atoms with Crippen molar-refractivity contribution >= 4 is 45.4 Å². The number of thioether (sulfide) groups is 1. The molecule has 0 saturated heterocycles. The summed E-state index contributed by atoms with van der Waals surface area (Å²) in [6.45, 7) is -0.392. The molecule has 1 atom stereocenters. The van der Waals surface area contributed by atoms with Gasteiger partial charge in [-0.25, -0.2) is 4.79 Å². The lowest BCUT2D eigenvalue weighted by Crippen LogP contribution is -2.50. The number of ether oxygens (including phenoxy) is 1. The molecule has 8 heteroatoms. The molecule has 0 bridgehead atoms. The molecule has 0 aliphatic rings. The van der Waals surface area contributed by atoms with Crippen molar-refractivity contribution in [1.82, 2.24) is 5.32 Å². The van der Waals surface area contributed by atoms with Crippen molar-refractivity contribution in [3.05, 3.63) is 88.8 Å². The molecule has 0 fully saturated rings. The van der Waals surface area contributed by atoms with Crippen molar-refractivity contribution in [1.29, 1.82) is 0 Å². The van der Waals surface area contributed by atoms with Gasteiger partial charge in [-0.15, -0.1) is 0 Å². The van der Waals surface area contributed by atoms with E-state index in [0.717, 1.165) is 16.3 Å². The molecule has 0 spiro atoms. The minimum atomic E-state index is -1.36. The lowest BCUT2D eigenvalue weighted by atomic mass is 10.1. The summed E-state index contributed by atoms with van der Waals surface area (Å²) in [5.41, 5.74) is 0.935. The van der Waals surface area contributed by atoms with Gasteiger partial charge in [0.25, 0.3) is 5.91 Å². The van der Waals surface area contributed by atoms with Gasteiger partial charge in [-0.2, -0.15) is 11.8 Å². The molecular weight excluding hydrogens is 442 g/mol. The number of hydrogen-bond acceptors (Lipinski definition) is 7. The Hall–Kier alpha value is -3.78. The van der Waals surface area contributed by atoms with Crippen LogP contribution < -0.4 is 20.8 Å². The molecule has 1 amide bonds. The molecule has 1 N–H and O–H groups in total. The highest BCUT2D eigenvalue weighted by Gasteiger charge is 2.15. The van der Waals surface area contributed by atoms with Crippen molar-refractivity contribution < 1.29 is 23.8 Å². The number of fused-ring (bicyclic) bond motifs is 3. The standard InChI is InChI=1S/C25H21NO6S/c27-23(26-21(24(28)29)15-33-14-16-6-2-1-3-7-16)13-31-17-10-11-19-18-8-4-5-9-20(18)25(30)32-22(19)12-17/h1-12,21H,13-15H2,(H,26,27)(H,28,29)/p-1/t21-/m0/s1. The topological polar surface area (TPSA) is 109 Å². The number of aliphatic carboxylic acids is 1. The predicted octanol–water partition coefficient (Wildman–Crippen LogP) is 2.49. The number of carboxylic acid groups (broad SMARTS) is 1. The SMILES string of the molecule is O=C(COc1ccc2c(c1)oc(=O)c1ccccc12)N[C@@H](CSCc1ccccc1)C(=O)[O-]. The van der Waals surface area contributed by atoms with Gasteiger partial charge in [0.05, 0.1) is 17.4 Å². The Morgan fingerprint density at radius 2 is 1.70 bits per heavy atom. The van der Waals surface area contributed by atoms with E-state index in [1.807, 2.05) is 42.5 Å². The zero-order valence-corrected chi connectivity index (χ0v) is 18.3. The number of hydrogen-bond donors (Lipinski definition) is 1. The fraction of sp³-hybridized carbons (Fsp3) is 0.160. The molecule has 4 rings (SSSR count). The summed E-state index contributed by atoms with van der Waals surface area (Å²) in [6.07, 6.45) is 0. The second-order valence-electron chi connectivity index (χ2n) is 7.32. The van der Waals surface area contributed by atoms with Gasteiger partial charge in [-0.1, -0.05) is 48.5 Å². The Labute approximate surface area is 193 Å². The predicted molar refractivity (Wildman–Crippen MR) is 125 cm³/mol. The zero-order valence-electron chi connectivity index (χ0n) is 17.5. The highest BCUT2D eigenvalue weighted by molar-refractivity contribution is 7.98. The van der Waals surface area contributed by atoms with E-state index >= 15 is 0 Å². The van der Waals surface area contributed by atoms with Gasteiger partial charge in [-0.05, 0) is 29.1 Å². The third-order valence-electron chi connectivity index (χ3n) is 4.98. The van der Waals surface area contributed by atoms with E-state index in [0.29, 0.717) is 22.5 Å². The van der Waals surface area contributed by atoms with Crippen molar-refractivity contribution in [3.8, 4) is 5.75 Å². The summed E-state index contributed by atoms with van der Waals surface area (Å²) >= 11 is 1.38. The van der Waals surface area contributed by atoms with E-state index in [2.05, 4.69) is 5.32 Å². The normalized spacial score (nSPS) is 11.9. The van der Waals surface area contributed by atoms with Gasteiger partial charge in [0.1, 0.15) is 11.3 Å². The smallest absolute Gasteiger partial charge is 0.344 e. The maximum atomic E-state index is 12.2. The molecule has 1 heterocycles. The quantitative estimate of drug-likeness (QED) is 0.301. The van der Waals surface area contributed by atoms with Crippen LogP contribution in [0.25, 0.3) is 21.7 Å². The lowest BCUT2D eigenvalue weighted by Gasteiger charge is -2.19. The van der Waals surface area contributed by atoms with Gasteiger partial charge in [0.15, 0.2) is 6.61 Å². The largest absolute Gasteiger partial charge is 0.548 e. The summed E-state index contributed by atoms with van der Waals surface area (Å²) in [6, 6.07) is 20.5. The average molecular weight is 463 g/mol. The van der Waals surface area contributed by atoms with Gasteiger partial charge in [0, 0.05) is 23.0 Å². The Kier molecular flexibility index (Phi) is 6.95. The molecule has 1 aromatic heterocycles. The maximum absolute atomic E-state index is 12.2. The van der Waals surface area contributed by atoms with E-state index in [9.17, 15) is 19.5 Å². The molecule has 7 nitrogen and oxygen atoms in total. The Morgan fingerprint density at radius 1 is 0.970 bits per heavy atom. The number of rotatable bonds is 9. The number of nitrogens with one attached hydrogen (secondary N) is 1. The molecule has 0 aliphatic heterocycles. The van der Waals surface area contributed by atoms with Crippen LogP contribution in [0.5, 0.6) is 5.75 Å². The maximum Gasteiger partial charge on any atom is 0.344 e. The van der Waals surface area contributed by atoms with Crippen LogP contribution in [0.15, 0.2) is 82.0 Å². The summed E-state index contributed by atoms with van der Waals surface area (Å²) in [4.78, 5) is 35.9. The van der Waals surface area contributed by atoms with Crippen LogP contribution >= 0.6 is 11.8 Å². The molecule has 4 aromatic rings. The molecule has 0 radical (unpaired) electrons. The number of amides is 1. The van der Waals surface area contributed by atoms with E-state index < -0.39 is 30.2 Å². The molecule has 0 saturated carbocycles. The molecule has 0 unspecified atom stereocenters. The van der Waals surface area contributed by atoms with Gasteiger partial charge in [-0.3, -0.25) is 4.79 Å². The minimum absolute atomic E-state index is 0.164. The molecule has 3 aromatic carbocycles. The highest BCUT2D eigenvalue weighted by Crippen LogP contribution is 2.26. The lowest BCUT2D eigenvalue weighted by molar-refractivity contribution is -0.307. The van der Waals surface area contributed by atoms with Crippen molar-refractivity contribution in [2.45, 2.75) is 11.8 Å². The first-order valence-corrected chi connectivity index (χ1v) is 11.4. The first-order valence-electron chi connectivity index (χ1n) is 10.2. The first kappa shape index (κ1) is 22.4. The van der Waals surface area contributed by atoms with Crippen LogP contribution in [0.3, 0.4) is 0 Å². The number of carboxylic acids is 1. The summed E-state index contributed by atoms with van der Waals surface area (Å²) in [5.74, 6) is -0.849. The van der Waals surface area contributed by atoms with Crippen LogP contribution in [-0.4, -0.2) is 30.3 Å². The van der Waals surface area contributed by atoms with Gasteiger partial charge >= 0.3 is 5.63 Å². The van der Waals surface area contributed by atoms with Crippen LogP contribution in [0, 0.1) is 0 Å². The summed E-state index contributed by atoms with van der Waals surface area (Å²) in [7, 11) is 0. The Morgan fingerprint density at radius 3 is 2.45 bits per heavy atom. The minimum Gasteiger partial charge on any atom is -0.548 e. The van der Waals surface area contributed by atoms with E-state index in [4.69, 9.17) is 9.15 Å². The second-order valence-corrected chi connectivity index (χ2v) is 8.35. The summed E-state index contributed by atoms with van der Waals surface area (Å²) in [5, 5.41) is 15.8. The van der Waals surface area contributed by atoms with Crippen molar-refractivity contribution in [3.63, 3.8) is 0 Å². The fourth-order valence-electron chi connectivity index (χ4n) is 3.37. The number of benzene rings is 3. The first-order chi connectivity index (χ1) is 16.0. The van der Waals surface area contributed by atoms with Crippen LogP contribution in [0.2, 0.25) is 0 Å². The van der Waals surface area contributed by atoms with E-state index in [1.165, 1.54) is 17.8 Å². The van der Waals surface area contributed by atoms with E-state index in [1.54, 1.807) is 24.3 Å². The second kappa shape index (κ2) is 10.2. The highest BCUT2D eigenvalue weighted by atomic mass is 32.2. The fourth-order valence-corrected chi connectivity index (χ4v) is 4.37. The number of carbonyl (C=O) groups excluding carboxylic acids is 2. The monoisotopic (exact) mass is 462 g/mol. The van der Waals surface area contributed by atoms with Crippen LogP contribution in [-0.2, 0) is 15.3 Å². The molecular formula is C25H20NO6S-. The Bertz CT molecular complexity index is 1350. The van der Waals surface area contributed by atoms with Gasteiger partial charge < -0.3 is 24.4 Å². The number of carbonyl (C=O) groups is 2. The molecule has 33 heavy (non-hydrogen) atoms. The van der Waals surface area contributed by atoms with Crippen molar-refractivity contribution in [2.75, 3.05) is 12.4 Å². The van der Waals surface area contributed by atoms with Crippen LogP contribution in [0.1, 0.15) is 5.56 Å². The molecule has 0 aliphatic carbocycles. The summed E-state index contributed by atoms with van der Waals surface area (Å²) < 4.78 is 10.9. The Balaban J connectivity index is 1.36. The average Bonchev–Trinajstić information content (AvgIpc) is 2.82. The van der Waals surface area contributed by atoms with Crippen LogP contribution in [0.4, 0.5) is 0 Å². The zero-order chi connectivity index (χ0) is 23.2. The molecule has 168 valence electrons.